The maximum atomic E-state index is 5.92. The highest BCUT2D eigenvalue weighted by molar-refractivity contribution is 4.90. The normalized spacial score (nSPS) is 30.0. The summed E-state index contributed by atoms with van der Waals surface area (Å²) in [6, 6.07) is 0. The van der Waals surface area contributed by atoms with Crippen LogP contribution in [0, 0.1) is 5.92 Å². The Morgan fingerprint density at radius 3 is 2.62 bits per heavy atom. The second kappa shape index (κ2) is 5.48. The van der Waals surface area contributed by atoms with E-state index in [9.17, 15) is 0 Å². The van der Waals surface area contributed by atoms with Crippen LogP contribution in [0.3, 0.4) is 0 Å². The smallest absolute Gasteiger partial charge is 0.0700 e. The highest BCUT2D eigenvalue weighted by atomic mass is 16.5. The Morgan fingerprint density at radius 1 is 1.31 bits per heavy atom. The summed E-state index contributed by atoms with van der Waals surface area (Å²) in [6.07, 6.45) is 8.29. The van der Waals surface area contributed by atoms with Crippen LogP contribution in [0.25, 0.3) is 0 Å². The third kappa shape index (κ3) is 3.19. The maximum absolute atomic E-state index is 5.92. The zero-order valence-electron chi connectivity index (χ0n) is 10.5. The van der Waals surface area contributed by atoms with E-state index in [4.69, 9.17) is 10.5 Å². The Balaban J connectivity index is 1.73. The molecule has 2 unspecified atom stereocenters. The molecule has 0 radical (unpaired) electrons. The van der Waals surface area contributed by atoms with E-state index in [-0.39, 0.29) is 5.54 Å². The lowest BCUT2D eigenvalue weighted by molar-refractivity contribution is 0.0968. The Bertz CT molecular complexity index is 212. The third-order valence-corrected chi connectivity index (χ3v) is 4.19. The standard InChI is InChI=1S/C13H26N2O/c1-13(10-14,8-11-4-2-5-11)15-9-12-6-3-7-16-12/h11-12,15H,2-10,14H2,1H3. The van der Waals surface area contributed by atoms with Crippen molar-refractivity contribution in [3.8, 4) is 0 Å². The van der Waals surface area contributed by atoms with Crippen molar-refractivity contribution in [2.75, 3.05) is 19.7 Å². The number of hydrogen-bond acceptors (Lipinski definition) is 3. The summed E-state index contributed by atoms with van der Waals surface area (Å²) in [5.74, 6) is 0.908. The van der Waals surface area contributed by atoms with E-state index in [0.29, 0.717) is 6.10 Å². The van der Waals surface area contributed by atoms with Crippen LogP contribution in [-0.2, 0) is 4.74 Å². The molecule has 1 aliphatic carbocycles. The highest BCUT2D eigenvalue weighted by Gasteiger charge is 2.30. The summed E-state index contributed by atoms with van der Waals surface area (Å²) in [5, 5.41) is 3.64. The second-order valence-electron chi connectivity index (χ2n) is 5.78. The minimum Gasteiger partial charge on any atom is -0.377 e. The molecular weight excluding hydrogens is 200 g/mol. The van der Waals surface area contributed by atoms with Crippen molar-refractivity contribution < 1.29 is 4.74 Å². The molecule has 1 heterocycles. The predicted molar refractivity (Wildman–Crippen MR) is 66.4 cm³/mol. The zero-order valence-corrected chi connectivity index (χ0v) is 10.5. The van der Waals surface area contributed by atoms with Gasteiger partial charge in [0, 0.05) is 25.2 Å². The fraction of sp³-hybridized carbons (Fsp3) is 1.00. The highest BCUT2D eigenvalue weighted by Crippen LogP contribution is 2.33. The van der Waals surface area contributed by atoms with E-state index in [1.165, 1.54) is 38.5 Å². The molecule has 0 spiro atoms. The summed E-state index contributed by atoms with van der Waals surface area (Å²) >= 11 is 0. The molecule has 94 valence electrons. The Labute approximate surface area is 99.1 Å². The second-order valence-corrected chi connectivity index (χ2v) is 5.78. The zero-order chi connectivity index (χ0) is 11.4. The molecule has 2 aliphatic rings. The van der Waals surface area contributed by atoms with E-state index < -0.39 is 0 Å². The van der Waals surface area contributed by atoms with Crippen LogP contribution >= 0.6 is 0 Å². The summed E-state index contributed by atoms with van der Waals surface area (Å²) in [6.45, 7) is 4.91. The van der Waals surface area contributed by atoms with Crippen LogP contribution in [0.1, 0.15) is 45.4 Å². The molecule has 0 aromatic carbocycles. The Kier molecular flexibility index (Phi) is 4.22. The molecule has 3 nitrogen and oxygen atoms in total. The Hall–Kier alpha value is -0.120. The molecule has 16 heavy (non-hydrogen) atoms. The van der Waals surface area contributed by atoms with Crippen molar-refractivity contribution in [2.45, 2.75) is 57.1 Å². The first-order valence-electron chi connectivity index (χ1n) is 6.78. The minimum absolute atomic E-state index is 0.122. The minimum atomic E-state index is 0.122. The van der Waals surface area contributed by atoms with Crippen LogP contribution in [0.15, 0.2) is 0 Å². The summed E-state index contributed by atoms with van der Waals surface area (Å²) in [4.78, 5) is 0. The van der Waals surface area contributed by atoms with Crippen molar-refractivity contribution in [1.29, 1.82) is 0 Å². The van der Waals surface area contributed by atoms with Gasteiger partial charge >= 0.3 is 0 Å². The van der Waals surface area contributed by atoms with E-state index in [2.05, 4.69) is 12.2 Å². The van der Waals surface area contributed by atoms with Crippen molar-refractivity contribution in [3.63, 3.8) is 0 Å². The molecule has 0 aromatic heterocycles. The molecule has 0 bridgehead atoms. The fourth-order valence-corrected chi connectivity index (χ4v) is 2.73. The number of nitrogens with two attached hydrogens (primary N) is 1. The largest absolute Gasteiger partial charge is 0.377 e. The predicted octanol–water partition coefficient (Wildman–Crippen LogP) is 1.66. The van der Waals surface area contributed by atoms with Crippen LogP contribution in [0.2, 0.25) is 0 Å². The molecule has 0 amide bonds. The molecular formula is C13H26N2O. The summed E-state index contributed by atoms with van der Waals surface area (Å²) < 4.78 is 5.63. The van der Waals surface area contributed by atoms with E-state index in [0.717, 1.165) is 25.6 Å². The lowest BCUT2D eigenvalue weighted by atomic mass is 9.76. The SMILES string of the molecule is CC(CN)(CC1CCC1)NCC1CCCO1. The molecule has 0 aromatic rings. The van der Waals surface area contributed by atoms with Crippen molar-refractivity contribution >= 4 is 0 Å². The van der Waals surface area contributed by atoms with Gasteiger partial charge in [-0.3, -0.25) is 0 Å². The first-order valence-corrected chi connectivity index (χ1v) is 6.78. The number of ether oxygens (including phenoxy) is 1. The van der Waals surface area contributed by atoms with Crippen molar-refractivity contribution in [3.05, 3.63) is 0 Å². The van der Waals surface area contributed by atoms with Crippen LogP contribution in [0.5, 0.6) is 0 Å². The van der Waals surface area contributed by atoms with Gasteiger partial charge in [0.1, 0.15) is 0 Å². The van der Waals surface area contributed by atoms with Gasteiger partial charge in [0.15, 0.2) is 0 Å². The lowest BCUT2D eigenvalue weighted by Crippen LogP contribution is -2.52. The van der Waals surface area contributed by atoms with Gasteiger partial charge < -0.3 is 15.8 Å². The molecule has 2 rings (SSSR count). The summed E-state index contributed by atoms with van der Waals surface area (Å²) in [7, 11) is 0. The van der Waals surface area contributed by atoms with E-state index >= 15 is 0 Å². The van der Waals surface area contributed by atoms with Crippen LogP contribution in [0.4, 0.5) is 0 Å². The maximum Gasteiger partial charge on any atom is 0.0700 e. The number of hydrogen-bond donors (Lipinski definition) is 2. The van der Waals surface area contributed by atoms with Gasteiger partial charge in [-0.05, 0) is 32.1 Å². The van der Waals surface area contributed by atoms with Crippen LogP contribution < -0.4 is 11.1 Å². The van der Waals surface area contributed by atoms with Crippen molar-refractivity contribution in [1.82, 2.24) is 5.32 Å². The topological polar surface area (TPSA) is 47.3 Å². The van der Waals surface area contributed by atoms with E-state index in [1.807, 2.05) is 0 Å². The first kappa shape index (κ1) is 12.3. The van der Waals surface area contributed by atoms with Gasteiger partial charge in [0.2, 0.25) is 0 Å². The molecule has 2 fully saturated rings. The quantitative estimate of drug-likeness (QED) is 0.724. The van der Waals surface area contributed by atoms with Crippen molar-refractivity contribution in [2.24, 2.45) is 11.7 Å². The average molecular weight is 226 g/mol. The molecule has 1 saturated carbocycles. The molecule has 2 atom stereocenters. The lowest BCUT2D eigenvalue weighted by Gasteiger charge is -2.37. The fourth-order valence-electron chi connectivity index (χ4n) is 2.73. The third-order valence-electron chi connectivity index (χ3n) is 4.19. The molecule has 3 N–H and O–H groups in total. The van der Waals surface area contributed by atoms with Gasteiger partial charge in [-0.1, -0.05) is 19.3 Å². The Morgan fingerprint density at radius 2 is 2.12 bits per heavy atom. The summed E-state index contributed by atoms with van der Waals surface area (Å²) in [5.41, 5.74) is 6.04. The van der Waals surface area contributed by atoms with Gasteiger partial charge in [0.25, 0.3) is 0 Å². The van der Waals surface area contributed by atoms with E-state index in [1.54, 1.807) is 0 Å². The first-order chi connectivity index (χ1) is 7.72. The number of nitrogens with one attached hydrogen (secondary N) is 1. The monoisotopic (exact) mass is 226 g/mol. The van der Waals surface area contributed by atoms with Gasteiger partial charge in [-0.15, -0.1) is 0 Å². The molecule has 3 heteroatoms. The average Bonchev–Trinajstić information content (AvgIpc) is 2.74. The van der Waals surface area contributed by atoms with Gasteiger partial charge in [-0.25, -0.2) is 0 Å². The molecule has 1 aliphatic heterocycles. The number of rotatable bonds is 6. The molecule has 1 saturated heterocycles. The van der Waals surface area contributed by atoms with Crippen LogP contribution in [-0.4, -0.2) is 31.3 Å². The van der Waals surface area contributed by atoms with Gasteiger partial charge in [0.05, 0.1) is 6.10 Å². The van der Waals surface area contributed by atoms with Gasteiger partial charge in [-0.2, -0.15) is 0 Å².